The first kappa shape index (κ1) is 21.4. The van der Waals surface area contributed by atoms with E-state index in [1.165, 1.54) is 25.8 Å². The van der Waals surface area contributed by atoms with Gasteiger partial charge in [0.15, 0.2) is 17.4 Å². The van der Waals surface area contributed by atoms with Crippen LogP contribution >= 0.6 is 0 Å². The van der Waals surface area contributed by atoms with Crippen LogP contribution in [-0.2, 0) is 0 Å². The number of nitrogens with zero attached hydrogens (tertiary/aromatic N) is 2. The van der Waals surface area contributed by atoms with Crippen LogP contribution in [0.25, 0.3) is 11.3 Å². The molecule has 1 aromatic carbocycles. The number of aromatic nitrogens is 2. The van der Waals surface area contributed by atoms with Crippen molar-refractivity contribution in [2.45, 2.75) is 18.8 Å². The lowest BCUT2D eigenvalue weighted by Crippen LogP contribution is -2.40. The second-order valence-electron chi connectivity index (χ2n) is 8.36. The van der Waals surface area contributed by atoms with Crippen LogP contribution in [-0.4, -0.2) is 54.1 Å². The third-order valence-electron chi connectivity index (χ3n) is 6.39. The molecule has 5 rings (SSSR count). The van der Waals surface area contributed by atoms with Crippen LogP contribution in [0, 0.1) is 11.6 Å². The van der Waals surface area contributed by atoms with E-state index in [4.69, 9.17) is 4.74 Å². The summed E-state index contributed by atoms with van der Waals surface area (Å²) in [7, 11) is 1.37. The van der Waals surface area contributed by atoms with Crippen LogP contribution in [0.15, 0.2) is 36.7 Å². The lowest BCUT2D eigenvalue weighted by atomic mass is 9.93. The minimum Gasteiger partial charge on any atom is -0.492 e. The van der Waals surface area contributed by atoms with Crippen molar-refractivity contribution in [2.75, 3.05) is 38.6 Å². The maximum atomic E-state index is 14.8. The van der Waals surface area contributed by atoms with Gasteiger partial charge in [0.05, 0.1) is 35.9 Å². The van der Waals surface area contributed by atoms with Gasteiger partial charge >= 0.3 is 0 Å². The number of carbonyl (C=O) groups is 1. The monoisotopic (exact) mass is 453 g/mol. The summed E-state index contributed by atoms with van der Waals surface area (Å²) >= 11 is 0. The molecule has 1 fully saturated rings. The SMILES string of the molecule is COc1c(F)cccc1Nc1c(-c2ccncc2F)[nH]c2c1C(=O)NC[C@@H]2CCN1CCC1. The Hall–Kier alpha value is -3.46. The fourth-order valence-corrected chi connectivity index (χ4v) is 4.51. The zero-order valence-corrected chi connectivity index (χ0v) is 18.3. The molecule has 33 heavy (non-hydrogen) atoms. The number of rotatable bonds is 7. The molecule has 3 aromatic rings. The summed E-state index contributed by atoms with van der Waals surface area (Å²) in [6.07, 6.45) is 4.69. The van der Waals surface area contributed by atoms with Gasteiger partial charge in [-0.25, -0.2) is 8.78 Å². The van der Waals surface area contributed by atoms with Gasteiger partial charge in [-0.2, -0.15) is 0 Å². The third-order valence-corrected chi connectivity index (χ3v) is 6.39. The van der Waals surface area contributed by atoms with Crippen molar-refractivity contribution in [2.24, 2.45) is 0 Å². The maximum absolute atomic E-state index is 14.8. The van der Waals surface area contributed by atoms with Crippen molar-refractivity contribution >= 4 is 17.3 Å². The minimum absolute atomic E-state index is 0.0131. The number of pyridine rings is 1. The van der Waals surface area contributed by atoms with Gasteiger partial charge in [-0.1, -0.05) is 6.07 Å². The Labute approximate surface area is 190 Å². The summed E-state index contributed by atoms with van der Waals surface area (Å²) in [5.41, 5.74) is 2.56. The van der Waals surface area contributed by atoms with Gasteiger partial charge in [-0.05, 0) is 50.7 Å². The first-order valence-electron chi connectivity index (χ1n) is 11.0. The van der Waals surface area contributed by atoms with Crippen molar-refractivity contribution in [1.82, 2.24) is 20.2 Å². The number of carbonyl (C=O) groups excluding carboxylic acids is 1. The topological polar surface area (TPSA) is 82.3 Å². The molecular weight excluding hydrogens is 428 g/mol. The zero-order chi connectivity index (χ0) is 22.9. The Balaban J connectivity index is 1.62. The fraction of sp³-hybridized carbons (Fsp3) is 0.333. The highest BCUT2D eigenvalue weighted by Crippen LogP contribution is 2.42. The molecule has 1 atom stereocenters. The lowest BCUT2D eigenvalue weighted by Gasteiger charge is -2.33. The Morgan fingerprint density at radius 1 is 1.24 bits per heavy atom. The van der Waals surface area contributed by atoms with Crippen LogP contribution in [0.1, 0.15) is 34.8 Å². The van der Waals surface area contributed by atoms with Crippen LogP contribution in [0.2, 0.25) is 0 Å². The molecule has 1 saturated heterocycles. The number of anilines is 2. The summed E-state index contributed by atoms with van der Waals surface area (Å²) in [6, 6.07) is 6.03. The number of fused-ring (bicyclic) bond motifs is 1. The van der Waals surface area contributed by atoms with Gasteiger partial charge in [0.25, 0.3) is 5.91 Å². The maximum Gasteiger partial charge on any atom is 0.255 e. The number of para-hydroxylation sites is 1. The molecule has 3 N–H and O–H groups in total. The number of ether oxygens (including phenoxy) is 1. The number of hydrogen-bond donors (Lipinski definition) is 3. The summed E-state index contributed by atoms with van der Waals surface area (Å²) in [4.78, 5) is 22.5. The van der Waals surface area contributed by atoms with E-state index in [1.54, 1.807) is 18.2 Å². The number of halogens is 2. The first-order valence-corrected chi connectivity index (χ1v) is 11.0. The molecule has 0 bridgehead atoms. The average Bonchev–Trinajstić information content (AvgIpc) is 3.15. The highest BCUT2D eigenvalue weighted by Gasteiger charge is 2.34. The van der Waals surface area contributed by atoms with Crippen molar-refractivity contribution in [3.05, 3.63) is 59.6 Å². The van der Waals surface area contributed by atoms with E-state index in [9.17, 15) is 13.6 Å². The van der Waals surface area contributed by atoms with E-state index >= 15 is 0 Å². The molecule has 0 spiro atoms. The largest absolute Gasteiger partial charge is 0.492 e. The highest BCUT2D eigenvalue weighted by atomic mass is 19.1. The summed E-state index contributed by atoms with van der Waals surface area (Å²) in [6.45, 7) is 3.62. The quantitative estimate of drug-likeness (QED) is 0.503. The Morgan fingerprint density at radius 3 is 2.82 bits per heavy atom. The predicted molar refractivity (Wildman–Crippen MR) is 121 cm³/mol. The standard InChI is InChI=1S/C24H25F2N5O2/c1-33-23-16(25)4-2-5-18(23)29-22-19-20(30-21(22)15-6-8-27-13-17(15)26)14(12-28-24(19)32)7-11-31-9-3-10-31/h2,4-6,8,13-14,29-30H,3,7,9-12H2,1H3,(H,28,32)/t14-/m0/s1. The van der Waals surface area contributed by atoms with Gasteiger partial charge in [0.2, 0.25) is 0 Å². The normalized spacial score (nSPS) is 17.8. The number of benzene rings is 1. The van der Waals surface area contributed by atoms with E-state index in [1.807, 2.05) is 0 Å². The molecule has 2 aliphatic heterocycles. The Kier molecular flexibility index (Phi) is 5.72. The number of likely N-dealkylation sites (tertiary alicyclic amines) is 1. The molecule has 0 saturated carbocycles. The molecule has 9 heteroatoms. The van der Waals surface area contributed by atoms with Gasteiger partial charge in [-0.3, -0.25) is 9.78 Å². The molecular formula is C24H25F2N5O2. The number of amides is 1. The number of H-pyrrole nitrogens is 1. The molecule has 0 radical (unpaired) electrons. The lowest BCUT2D eigenvalue weighted by molar-refractivity contribution is 0.0936. The molecule has 1 amide bonds. The number of nitrogens with one attached hydrogen (secondary N) is 3. The molecule has 0 aliphatic carbocycles. The van der Waals surface area contributed by atoms with Gasteiger partial charge < -0.3 is 25.3 Å². The van der Waals surface area contributed by atoms with E-state index in [-0.39, 0.29) is 23.1 Å². The fourth-order valence-electron chi connectivity index (χ4n) is 4.51. The third kappa shape index (κ3) is 3.93. The smallest absolute Gasteiger partial charge is 0.255 e. The predicted octanol–water partition coefficient (Wildman–Crippen LogP) is 4.03. The van der Waals surface area contributed by atoms with E-state index in [2.05, 4.69) is 25.5 Å². The Morgan fingerprint density at radius 2 is 2.09 bits per heavy atom. The number of methoxy groups -OCH3 is 1. The summed E-state index contributed by atoms with van der Waals surface area (Å²) in [5.74, 6) is -1.27. The number of hydrogen-bond acceptors (Lipinski definition) is 5. The van der Waals surface area contributed by atoms with Gasteiger partial charge in [0.1, 0.15) is 0 Å². The Bertz CT molecular complexity index is 1190. The van der Waals surface area contributed by atoms with E-state index in [0.717, 1.165) is 37.9 Å². The molecule has 2 aromatic heterocycles. The molecule has 2 aliphatic rings. The van der Waals surface area contributed by atoms with Gasteiger partial charge in [-0.15, -0.1) is 0 Å². The molecule has 0 unspecified atom stereocenters. The molecule has 7 nitrogen and oxygen atoms in total. The van der Waals surface area contributed by atoms with Crippen molar-refractivity contribution < 1.29 is 18.3 Å². The zero-order valence-electron chi connectivity index (χ0n) is 18.3. The molecule has 4 heterocycles. The van der Waals surface area contributed by atoms with Crippen LogP contribution in [0.3, 0.4) is 0 Å². The van der Waals surface area contributed by atoms with Crippen LogP contribution in [0.5, 0.6) is 5.75 Å². The van der Waals surface area contributed by atoms with Crippen molar-refractivity contribution in [1.29, 1.82) is 0 Å². The van der Waals surface area contributed by atoms with Crippen LogP contribution < -0.4 is 15.4 Å². The highest BCUT2D eigenvalue weighted by molar-refractivity contribution is 6.06. The second kappa shape index (κ2) is 8.82. The van der Waals surface area contributed by atoms with E-state index < -0.39 is 11.6 Å². The van der Waals surface area contributed by atoms with Gasteiger partial charge in [0, 0.05) is 29.9 Å². The number of aromatic amines is 1. The second-order valence-corrected chi connectivity index (χ2v) is 8.36. The van der Waals surface area contributed by atoms with E-state index in [0.29, 0.717) is 29.2 Å². The summed E-state index contributed by atoms with van der Waals surface area (Å²) in [5, 5.41) is 6.12. The minimum atomic E-state index is -0.541. The van der Waals surface area contributed by atoms with Crippen molar-refractivity contribution in [3.8, 4) is 17.0 Å². The first-order chi connectivity index (χ1) is 16.1. The van der Waals surface area contributed by atoms with Crippen LogP contribution in [0.4, 0.5) is 20.2 Å². The summed E-state index contributed by atoms with van der Waals surface area (Å²) < 4.78 is 34.3. The average molecular weight is 453 g/mol. The molecule has 172 valence electrons. The van der Waals surface area contributed by atoms with Crippen molar-refractivity contribution in [3.63, 3.8) is 0 Å².